The third-order valence-corrected chi connectivity index (χ3v) is 3.50. The Kier molecular flexibility index (Phi) is 5.52. The van der Waals surface area contributed by atoms with Gasteiger partial charge in [-0.1, -0.05) is 0 Å². The Balaban J connectivity index is 2.32. The molecule has 1 aromatic rings. The maximum atomic E-state index is 11.7. The Hall–Kier alpha value is -1.61. The quantitative estimate of drug-likeness (QED) is 0.566. The number of carbonyl (C=O) groups excluding carboxylic acids is 1. The molecule has 1 aromatic heterocycles. The van der Waals surface area contributed by atoms with Crippen LogP contribution >= 0.6 is 0 Å². The predicted molar refractivity (Wildman–Crippen MR) is 76.6 cm³/mol. The molecule has 4 N–H and O–H groups in total. The number of rotatable bonds is 7. The highest BCUT2D eigenvalue weighted by atomic mass is 32.2. The first kappa shape index (κ1) is 16.4. The predicted octanol–water partition coefficient (Wildman–Crippen LogP) is -0.862. The van der Waals surface area contributed by atoms with Crippen LogP contribution in [0.1, 0.15) is 17.8 Å². The number of aryl methyl sites for hydroxylation is 1. The van der Waals surface area contributed by atoms with Gasteiger partial charge in [0.15, 0.2) is 0 Å². The molecule has 0 aliphatic heterocycles. The number of nitrogens with zero attached hydrogens (tertiary/aromatic N) is 2. The molecule has 1 amide bonds. The van der Waals surface area contributed by atoms with E-state index in [0.29, 0.717) is 30.9 Å². The van der Waals surface area contributed by atoms with Gasteiger partial charge >= 0.3 is 0 Å². The average molecular weight is 303 g/mol. The molecule has 8 nitrogen and oxygen atoms in total. The standard InChI is InChI=1S/C11H21N5O3S/c1-8-11(12)9(2)16(15-8)7-10(17)13-5-4-6-14-20(3,18)19/h14H,4-7,12H2,1-3H3,(H,13,17). The maximum absolute atomic E-state index is 11.7. The van der Waals surface area contributed by atoms with Crippen molar-refractivity contribution in [3.8, 4) is 0 Å². The first-order valence-corrected chi connectivity index (χ1v) is 8.10. The van der Waals surface area contributed by atoms with Crippen molar-refractivity contribution in [1.82, 2.24) is 19.8 Å². The minimum Gasteiger partial charge on any atom is -0.396 e. The van der Waals surface area contributed by atoms with Crippen LogP contribution in [-0.2, 0) is 21.4 Å². The fourth-order valence-corrected chi connectivity index (χ4v) is 2.15. The molecule has 0 atom stereocenters. The van der Waals surface area contributed by atoms with Crippen molar-refractivity contribution < 1.29 is 13.2 Å². The Morgan fingerprint density at radius 2 is 2.00 bits per heavy atom. The van der Waals surface area contributed by atoms with E-state index in [0.717, 1.165) is 11.9 Å². The summed E-state index contributed by atoms with van der Waals surface area (Å²) < 4.78 is 25.5. The topological polar surface area (TPSA) is 119 Å². The van der Waals surface area contributed by atoms with Crippen LogP contribution in [-0.4, -0.2) is 43.5 Å². The normalized spacial score (nSPS) is 11.6. The van der Waals surface area contributed by atoms with Gasteiger partial charge in [0.1, 0.15) is 6.54 Å². The number of carbonyl (C=O) groups is 1. The lowest BCUT2D eigenvalue weighted by Gasteiger charge is -2.07. The van der Waals surface area contributed by atoms with Gasteiger partial charge in [0, 0.05) is 13.1 Å². The van der Waals surface area contributed by atoms with E-state index in [2.05, 4.69) is 15.1 Å². The number of hydrogen-bond donors (Lipinski definition) is 3. The summed E-state index contributed by atoms with van der Waals surface area (Å²) in [7, 11) is -3.17. The van der Waals surface area contributed by atoms with Crippen molar-refractivity contribution in [2.24, 2.45) is 0 Å². The number of nitrogen functional groups attached to an aromatic ring is 1. The molecule has 0 aromatic carbocycles. The van der Waals surface area contributed by atoms with Crippen LogP contribution in [0.4, 0.5) is 5.69 Å². The second kappa shape index (κ2) is 6.71. The van der Waals surface area contributed by atoms with Crippen LogP contribution in [0, 0.1) is 13.8 Å². The first-order valence-electron chi connectivity index (χ1n) is 6.21. The zero-order valence-corrected chi connectivity index (χ0v) is 12.7. The average Bonchev–Trinajstić information content (AvgIpc) is 2.55. The zero-order valence-electron chi connectivity index (χ0n) is 11.9. The lowest BCUT2D eigenvalue weighted by Crippen LogP contribution is -2.31. The van der Waals surface area contributed by atoms with E-state index in [-0.39, 0.29) is 12.5 Å². The molecule has 0 spiro atoms. The third-order valence-electron chi connectivity index (χ3n) is 2.77. The summed E-state index contributed by atoms with van der Waals surface area (Å²) in [6, 6.07) is 0. The second-order valence-electron chi connectivity index (χ2n) is 4.61. The molecule has 0 radical (unpaired) electrons. The van der Waals surface area contributed by atoms with Crippen molar-refractivity contribution in [3.63, 3.8) is 0 Å². The molecular formula is C11H21N5O3S. The minimum atomic E-state index is -3.17. The summed E-state index contributed by atoms with van der Waals surface area (Å²) in [6.07, 6.45) is 1.62. The summed E-state index contributed by atoms with van der Waals surface area (Å²) in [5.74, 6) is -0.185. The second-order valence-corrected chi connectivity index (χ2v) is 6.45. The number of nitrogens with one attached hydrogen (secondary N) is 2. The van der Waals surface area contributed by atoms with E-state index in [1.807, 2.05) is 0 Å². The van der Waals surface area contributed by atoms with E-state index in [1.165, 1.54) is 0 Å². The third kappa shape index (κ3) is 5.17. The van der Waals surface area contributed by atoms with Crippen molar-refractivity contribution in [1.29, 1.82) is 0 Å². The van der Waals surface area contributed by atoms with E-state index in [9.17, 15) is 13.2 Å². The molecule has 0 aliphatic carbocycles. The Morgan fingerprint density at radius 3 is 2.50 bits per heavy atom. The Morgan fingerprint density at radius 1 is 1.35 bits per heavy atom. The van der Waals surface area contributed by atoms with Crippen LogP contribution in [0.3, 0.4) is 0 Å². The highest BCUT2D eigenvalue weighted by molar-refractivity contribution is 7.88. The van der Waals surface area contributed by atoms with Gasteiger partial charge in [-0.05, 0) is 20.3 Å². The summed E-state index contributed by atoms with van der Waals surface area (Å²) >= 11 is 0. The molecular weight excluding hydrogens is 282 g/mol. The number of aromatic nitrogens is 2. The van der Waals surface area contributed by atoms with Gasteiger partial charge in [0.2, 0.25) is 15.9 Å². The molecule has 114 valence electrons. The van der Waals surface area contributed by atoms with Crippen molar-refractivity contribution in [2.45, 2.75) is 26.8 Å². The van der Waals surface area contributed by atoms with E-state index in [4.69, 9.17) is 5.73 Å². The van der Waals surface area contributed by atoms with Crippen molar-refractivity contribution in [3.05, 3.63) is 11.4 Å². The van der Waals surface area contributed by atoms with Crippen molar-refractivity contribution >= 4 is 21.6 Å². The number of anilines is 1. The fourth-order valence-electron chi connectivity index (χ4n) is 1.63. The maximum Gasteiger partial charge on any atom is 0.241 e. The van der Waals surface area contributed by atoms with Crippen LogP contribution in [0.15, 0.2) is 0 Å². The summed E-state index contributed by atoms with van der Waals surface area (Å²) in [5.41, 5.74) is 7.83. The van der Waals surface area contributed by atoms with E-state index < -0.39 is 10.0 Å². The molecule has 0 fully saturated rings. The summed E-state index contributed by atoms with van der Waals surface area (Å²) in [6.45, 7) is 4.39. The molecule has 20 heavy (non-hydrogen) atoms. The summed E-state index contributed by atoms with van der Waals surface area (Å²) in [4.78, 5) is 11.7. The monoisotopic (exact) mass is 303 g/mol. The number of nitrogens with two attached hydrogens (primary N) is 1. The first-order chi connectivity index (χ1) is 9.20. The van der Waals surface area contributed by atoms with Gasteiger partial charge in [-0.15, -0.1) is 0 Å². The molecule has 0 saturated heterocycles. The minimum absolute atomic E-state index is 0.101. The molecule has 0 bridgehead atoms. The van der Waals surface area contributed by atoms with Gasteiger partial charge in [0.05, 0.1) is 23.3 Å². The van der Waals surface area contributed by atoms with Crippen LogP contribution in [0.2, 0.25) is 0 Å². The van der Waals surface area contributed by atoms with Gasteiger partial charge in [-0.25, -0.2) is 13.1 Å². The summed E-state index contributed by atoms with van der Waals surface area (Å²) in [5, 5.41) is 6.86. The highest BCUT2D eigenvalue weighted by Gasteiger charge is 2.11. The largest absolute Gasteiger partial charge is 0.396 e. The highest BCUT2D eigenvalue weighted by Crippen LogP contribution is 2.14. The molecule has 1 heterocycles. The lowest BCUT2D eigenvalue weighted by molar-refractivity contribution is -0.121. The SMILES string of the molecule is Cc1nn(CC(=O)NCCCNS(C)(=O)=O)c(C)c1N. The van der Waals surface area contributed by atoms with Crippen LogP contribution < -0.4 is 15.8 Å². The van der Waals surface area contributed by atoms with Gasteiger partial charge in [-0.3, -0.25) is 9.48 Å². The number of sulfonamides is 1. The fraction of sp³-hybridized carbons (Fsp3) is 0.636. The number of hydrogen-bond acceptors (Lipinski definition) is 5. The molecule has 0 aliphatic rings. The van der Waals surface area contributed by atoms with E-state index >= 15 is 0 Å². The lowest BCUT2D eigenvalue weighted by atomic mass is 10.3. The molecule has 1 rings (SSSR count). The number of amides is 1. The molecule has 0 saturated carbocycles. The van der Waals surface area contributed by atoms with Crippen LogP contribution in [0.25, 0.3) is 0 Å². The zero-order chi connectivity index (χ0) is 15.3. The van der Waals surface area contributed by atoms with E-state index in [1.54, 1.807) is 18.5 Å². The Bertz CT molecular complexity index is 579. The Labute approximate surface area is 118 Å². The molecule has 0 unspecified atom stereocenters. The van der Waals surface area contributed by atoms with Crippen LogP contribution in [0.5, 0.6) is 0 Å². The van der Waals surface area contributed by atoms with Gasteiger partial charge in [-0.2, -0.15) is 5.10 Å². The smallest absolute Gasteiger partial charge is 0.241 e. The molecule has 9 heteroatoms. The van der Waals surface area contributed by atoms with Gasteiger partial charge < -0.3 is 11.1 Å². The van der Waals surface area contributed by atoms with Gasteiger partial charge in [0.25, 0.3) is 0 Å². The van der Waals surface area contributed by atoms with Crippen molar-refractivity contribution in [2.75, 3.05) is 25.1 Å².